The smallest absolute Gasteiger partial charge is 0.202 e. The Morgan fingerprint density at radius 2 is 2.54 bits per heavy atom. The Bertz CT molecular complexity index is 324. The van der Waals surface area contributed by atoms with E-state index in [1.54, 1.807) is 12.4 Å². The van der Waals surface area contributed by atoms with Crippen LogP contribution in [0.4, 0.5) is 0 Å². The molecule has 0 spiro atoms. The van der Waals surface area contributed by atoms with Crippen LogP contribution in [0.15, 0.2) is 29.4 Å². The van der Waals surface area contributed by atoms with E-state index in [4.69, 9.17) is 11.0 Å². The van der Waals surface area contributed by atoms with Crippen molar-refractivity contribution >= 4 is 5.96 Å². The summed E-state index contributed by atoms with van der Waals surface area (Å²) in [4.78, 5) is 7.92. The van der Waals surface area contributed by atoms with E-state index in [0.717, 1.165) is 5.69 Å². The number of nitriles is 1. The molecule has 0 fully saturated rings. The van der Waals surface area contributed by atoms with Crippen molar-refractivity contribution in [1.82, 2.24) is 10.3 Å². The minimum absolute atomic E-state index is 0.105. The number of guanidine groups is 1. The molecule has 1 rings (SSSR count). The maximum absolute atomic E-state index is 8.20. The molecule has 0 aromatic carbocycles. The summed E-state index contributed by atoms with van der Waals surface area (Å²) >= 11 is 0. The highest BCUT2D eigenvalue weighted by molar-refractivity contribution is 5.79. The second-order valence-corrected chi connectivity index (χ2v) is 2.26. The second kappa shape index (κ2) is 4.72. The van der Waals surface area contributed by atoms with Crippen LogP contribution in [0, 0.1) is 11.5 Å². The van der Waals surface area contributed by atoms with E-state index in [9.17, 15) is 0 Å². The Kier molecular flexibility index (Phi) is 3.27. The topological polar surface area (TPSA) is 87.1 Å². The van der Waals surface area contributed by atoms with Crippen molar-refractivity contribution in [3.05, 3.63) is 30.1 Å². The Balaban J connectivity index is 2.53. The molecule has 0 atom stereocenters. The molecule has 66 valence electrons. The molecule has 0 aliphatic carbocycles. The van der Waals surface area contributed by atoms with E-state index in [2.05, 4.69) is 15.3 Å². The SMILES string of the molecule is N#CNC(N)=NCc1ccccn1. The molecule has 0 bridgehead atoms. The van der Waals surface area contributed by atoms with E-state index in [0.29, 0.717) is 6.54 Å². The van der Waals surface area contributed by atoms with Gasteiger partial charge >= 0.3 is 0 Å². The van der Waals surface area contributed by atoms with E-state index in [-0.39, 0.29) is 5.96 Å². The van der Waals surface area contributed by atoms with Gasteiger partial charge in [0.1, 0.15) is 0 Å². The number of hydrogen-bond donors (Lipinski definition) is 2. The van der Waals surface area contributed by atoms with Gasteiger partial charge in [-0.15, -0.1) is 0 Å². The molecular weight excluding hydrogens is 166 g/mol. The molecule has 1 aromatic heterocycles. The highest BCUT2D eigenvalue weighted by atomic mass is 15.1. The molecule has 13 heavy (non-hydrogen) atoms. The molecule has 0 unspecified atom stereocenters. The minimum atomic E-state index is 0.105. The summed E-state index contributed by atoms with van der Waals surface area (Å²) in [5.74, 6) is 0.105. The first-order chi connectivity index (χ1) is 6.33. The molecule has 0 aliphatic rings. The lowest BCUT2D eigenvalue weighted by atomic mass is 10.3. The predicted octanol–water partition coefficient (Wildman–Crippen LogP) is -0.0330. The molecule has 0 saturated carbocycles. The van der Waals surface area contributed by atoms with Crippen molar-refractivity contribution in [3.63, 3.8) is 0 Å². The standard InChI is InChI=1S/C8H9N5/c9-6-13-8(10)12-5-7-3-1-2-4-11-7/h1-4H,5H2,(H3,10,12,13). The van der Waals surface area contributed by atoms with Crippen molar-refractivity contribution in [3.8, 4) is 6.19 Å². The van der Waals surface area contributed by atoms with Crippen LogP contribution in [0.2, 0.25) is 0 Å². The summed E-state index contributed by atoms with van der Waals surface area (Å²) in [6, 6.07) is 5.53. The molecule has 0 saturated heterocycles. The fourth-order valence-electron chi connectivity index (χ4n) is 0.755. The molecule has 3 N–H and O–H groups in total. The summed E-state index contributed by atoms with van der Waals surface area (Å²) < 4.78 is 0. The molecule has 0 amide bonds. The maximum atomic E-state index is 8.20. The second-order valence-electron chi connectivity index (χ2n) is 2.26. The zero-order chi connectivity index (χ0) is 9.52. The normalized spacial score (nSPS) is 10.5. The first kappa shape index (κ1) is 9.00. The monoisotopic (exact) mass is 175 g/mol. The number of nitrogens with two attached hydrogens (primary N) is 1. The molecule has 1 heterocycles. The maximum Gasteiger partial charge on any atom is 0.202 e. The van der Waals surface area contributed by atoms with Gasteiger partial charge in [0.25, 0.3) is 0 Å². The zero-order valence-corrected chi connectivity index (χ0v) is 6.94. The van der Waals surface area contributed by atoms with Gasteiger partial charge in [-0.25, -0.2) is 4.99 Å². The number of aromatic nitrogens is 1. The third-order valence-electron chi connectivity index (χ3n) is 1.32. The average Bonchev–Trinajstić information content (AvgIpc) is 2.17. The summed E-state index contributed by atoms with van der Waals surface area (Å²) in [5, 5.41) is 10.4. The Labute approximate surface area is 75.9 Å². The van der Waals surface area contributed by atoms with Crippen LogP contribution >= 0.6 is 0 Å². The number of pyridine rings is 1. The van der Waals surface area contributed by atoms with Gasteiger partial charge in [-0.2, -0.15) is 5.26 Å². The lowest BCUT2D eigenvalue weighted by molar-refractivity contribution is 0.971. The van der Waals surface area contributed by atoms with Crippen molar-refractivity contribution in [2.75, 3.05) is 0 Å². The van der Waals surface area contributed by atoms with Gasteiger partial charge in [0.2, 0.25) is 5.96 Å². The van der Waals surface area contributed by atoms with Crippen molar-refractivity contribution in [2.24, 2.45) is 10.7 Å². The van der Waals surface area contributed by atoms with Gasteiger partial charge in [-0.1, -0.05) is 6.07 Å². The van der Waals surface area contributed by atoms with Crippen LogP contribution in [-0.4, -0.2) is 10.9 Å². The Morgan fingerprint density at radius 3 is 3.15 bits per heavy atom. The van der Waals surface area contributed by atoms with Gasteiger partial charge < -0.3 is 5.73 Å². The van der Waals surface area contributed by atoms with E-state index in [1.807, 2.05) is 18.2 Å². The lowest BCUT2D eigenvalue weighted by Gasteiger charge is -1.96. The van der Waals surface area contributed by atoms with Crippen LogP contribution in [0.25, 0.3) is 0 Å². The van der Waals surface area contributed by atoms with E-state index in [1.165, 1.54) is 0 Å². The van der Waals surface area contributed by atoms with Crippen LogP contribution < -0.4 is 11.1 Å². The van der Waals surface area contributed by atoms with Crippen LogP contribution in [-0.2, 0) is 6.54 Å². The fourth-order valence-corrected chi connectivity index (χ4v) is 0.755. The molecular formula is C8H9N5. The molecule has 1 aromatic rings. The number of nitrogens with zero attached hydrogens (tertiary/aromatic N) is 3. The summed E-state index contributed by atoms with van der Waals surface area (Å²) in [6.07, 6.45) is 3.36. The van der Waals surface area contributed by atoms with Crippen LogP contribution in [0.5, 0.6) is 0 Å². The van der Waals surface area contributed by atoms with Crippen molar-refractivity contribution in [2.45, 2.75) is 6.54 Å². The number of hydrogen-bond acceptors (Lipinski definition) is 3. The molecule has 5 nitrogen and oxygen atoms in total. The fraction of sp³-hybridized carbons (Fsp3) is 0.125. The quantitative estimate of drug-likeness (QED) is 0.286. The number of nitrogens with one attached hydrogen (secondary N) is 1. The summed E-state index contributed by atoms with van der Waals surface area (Å²) in [7, 11) is 0. The molecule has 0 radical (unpaired) electrons. The van der Waals surface area contributed by atoms with Gasteiger partial charge in [0.05, 0.1) is 12.2 Å². The van der Waals surface area contributed by atoms with Gasteiger partial charge in [0, 0.05) is 6.20 Å². The lowest BCUT2D eigenvalue weighted by Crippen LogP contribution is -2.27. The van der Waals surface area contributed by atoms with Crippen LogP contribution in [0.1, 0.15) is 5.69 Å². The highest BCUT2D eigenvalue weighted by Crippen LogP contribution is 1.94. The first-order valence-electron chi connectivity index (χ1n) is 3.68. The van der Waals surface area contributed by atoms with Gasteiger partial charge in [-0.3, -0.25) is 10.3 Å². The predicted molar refractivity (Wildman–Crippen MR) is 48.3 cm³/mol. The van der Waals surface area contributed by atoms with E-state index >= 15 is 0 Å². The summed E-state index contributed by atoms with van der Waals surface area (Å²) in [5.41, 5.74) is 6.13. The largest absolute Gasteiger partial charge is 0.369 e. The van der Waals surface area contributed by atoms with Crippen molar-refractivity contribution < 1.29 is 0 Å². The summed E-state index contributed by atoms with van der Waals surface area (Å²) in [6.45, 7) is 0.376. The highest BCUT2D eigenvalue weighted by Gasteiger charge is 1.91. The average molecular weight is 175 g/mol. The number of aliphatic imine (C=N–C) groups is 1. The van der Waals surface area contributed by atoms with Crippen LogP contribution in [0.3, 0.4) is 0 Å². The third-order valence-corrected chi connectivity index (χ3v) is 1.32. The zero-order valence-electron chi connectivity index (χ0n) is 6.94. The molecule has 5 heteroatoms. The van der Waals surface area contributed by atoms with Gasteiger partial charge in [-0.05, 0) is 12.1 Å². The first-order valence-corrected chi connectivity index (χ1v) is 3.68. The third kappa shape index (κ3) is 3.20. The van der Waals surface area contributed by atoms with Gasteiger partial charge in [0.15, 0.2) is 6.19 Å². The Hall–Kier alpha value is -2.09. The Morgan fingerprint density at radius 1 is 1.69 bits per heavy atom. The van der Waals surface area contributed by atoms with E-state index < -0.39 is 0 Å². The minimum Gasteiger partial charge on any atom is -0.369 e. The molecule has 0 aliphatic heterocycles. The number of rotatable bonds is 2. The van der Waals surface area contributed by atoms with Crippen molar-refractivity contribution in [1.29, 1.82) is 5.26 Å².